The van der Waals surface area contributed by atoms with Gasteiger partial charge in [-0.25, -0.2) is 15.4 Å². The van der Waals surface area contributed by atoms with E-state index in [9.17, 15) is 4.79 Å². The smallest absolute Gasteiger partial charge is 0.268 e. The first kappa shape index (κ1) is 14.9. The molecule has 0 unspecified atom stereocenters. The quantitative estimate of drug-likeness (QED) is 0.518. The summed E-state index contributed by atoms with van der Waals surface area (Å²) in [7, 11) is 0. The van der Waals surface area contributed by atoms with Crippen molar-refractivity contribution in [2.75, 3.05) is 6.26 Å². The molecule has 5 nitrogen and oxygen atoms in total. The second kappa shape index (κ2) is 5.67. The lowest BCUT2D eigenvalue weighted by atomic mass is 10.2. The molecular formula is C12H19N3O2S. The highest BCUT2D eigenvalue weighted by Gasteiger charge is 2.20. The first-order chi connectivity index (χ1) is 8.24. The number of hydrogen-bond donors (Lipinski definition) is 1. The molecule has 0 bridgehead atoms. The molecule has 0 fully saturated rings. The Morgan fingerprint density at radius 1 is 1.28 bits per heavy atom. The lowest BCUT2D eigenvalue weighted by Gasteiger charge is -2.19. The zero-order valence-electron chi connectivity index (χ0n) is 11.6. The molecule has 0 aliphatic rings. The normalized spacial score (nSPS) is 11.4. The lowest BCUT2D eigenvalue weighted by molar-refractivity contribution is -0.0591. The number of amides is 1. The van der Waals surface area contributed by atoms with Crippen molar-refractivity contribution in [3.8, 4) is 0 Å². The van der Waals surface area contributed by atoms with Crippen LogP contribution in [0.4, 0.5) is 0 Å². The van der Waals surface area contributed by atoms with Crippen molar-refractivity contribution in [1.29, 1.82) is 0 Å². The van der Waals surface area contributed by atoms with Gasteiger partial charge < -0.3 is 0 Å². The van der Waals surface area contributed by atoms with Crippen LogP contribution in [0.2, 0.25) is 0 Å². The van der Waals surface area contributed by atoms with E-state index in [1.54, 1.807) is 13.8 Å². The molecule has 0 aromatic carbocycles. The second-order valence-electron chi connectivity index (χ2n) is 4.89. The maximum Gasteiger partial charge on any atom is 0.279 e. The molecule has 1 N–H and O–H groups in total. The summed E-state index contributed by atoms with van der Waals surface area (Å²) in [6.45, 7) is 9.18. The Bertz CT molecular complexity index is 455. The number of carbonyl (C=O) groups is 1. The van der Waals surface area contributed by atoms with E-state index in [-0.39, 0.29) is 5.91 Å². The zero-order chi connectivity index (χ0) is 13.9. The monoisotopic (exact) mass is 269 g/mol. The summed E-state index contributed by atoms with van der Waals surface area (Å²) in [4.78, 5) is 25.8. The van der Waals surface area contributed by atoms with Crippen LogP contribution in [0.5, 0.6) is 0 Å². The maximum absolute atomic E-state index is 12.1. The van der Waals surface area contributed by atoms with Gasteiger partial charge in [0.15, 0.2) is 0 Å². The molecule has 18 heavy (non-hydrogen) atoms. The van der Waals surface area contributed by atoms with Crippen molar-refractivity contribution in [1.82, 2.24) is 15.4 Å². The minimum absolute atomic E-state index is 0.313. The molecule has 0 aliphatic heterocycles. The molecule has 1 heterocycles. The molecule has 0 radical (unpaired) electrons. The lowest BCUT2D eigenvalue weighted by Crippen LogP contribution is -2.34. The number of nitrogens with zero attached hydrogens (tertiary/aromatic N) is 2. The van der Waals surface area contributed by atoms with Gasteiger partial charge in [-0.15, -0.1) is 11.8 Å². The molecule has 6 heteroatoms. The molecule has 0 spiro atoms. The van der Waals surface area contributed by atoms with Crippen LogP contribution in [0.1, 0.15) is 42.6 Å². The molecule has 1 rings (SSSR count). The first-order valence-corrected chi connectivity index (χ1v) is 6.84. The maximum atomic E-state index is 12.1. The molecular weight excluding hydrogens is 250 g/mol. The van der Waals surface area contributed by atoms with Crippen LogP contribution in [-0.4, -0.2) is 27.7 Å². The fourth-order valence-electron chi connectivity index (χ4n) is 1.34. The average Bonchev–Trinajstić information content (AvgIpc) is 2.23. The number of nitrogens with one attached hydrogen (secondary N) is 1. The summed E-state index contributed by atoms with van der Waals surface area (Å²) in [5.41, 5.74) is 3.13. The highest BCUT2D eigenvalue weighted by atomic mass is 32.2. The summed E-state index contributed by atoms with van der Waals surface area (Å²) >= 11 is 1.42. The molecule has 0 saturated heterocycles. The van der Waals surface area contributed by atoms with Crippen LogP contribution >= 0.6 is 11.8 Å². The number of carbonyl (C=O) groups excluding carboxylic acids is 1. The van der Waals surface area contributed by atoms with Gasteiger partial charge in [0.05, 0.1) is 16.9 Å². The van der Waals surface area contributed by atoms with E-state index in [1.807, 2.05) is 27.0 Å². The molecule has 0 aliphatic carbocycles. The van der Waals surface area contributed by atoms with Crippen LogP contribution in [0.3, 0.4) is 0 Å². The summed E-state index contributed by atoms with van der Waals surface area (Å²) in [6, 6.07) is 0. The summed E-state index contributed by atoms with van der Waals surface area (Å²) in [5, 5.41) is 0.662. The van der Waals surface area contributed by atoms with Crippen LogP contribution < -0.4 is 5.48 Å². The number of hydroxylamine groups is 1. The van der Waals surface area contributed by atoms with Gasteiger partial charge in [-0.3, -0.25) is 9.63 Å². The number of rotatable bonds is 3. The van der Waals surface area contributed by atoms with E-state index in [4.69, 9.17) is 4.84 Å². The van der Waals surface area contributed by atoms with Crippen molar-refractivity contribution in [2.45, 2.75) is 45.2 Å². The van der Waals surface area contributed by atoms with Crippen molar-refractivity contribution in [2.24, 2.45) is 0 Å². The molecule has 1 aromatic rings. The average molecular weight is 269 g/mol. The Morgan fingerprint density at radius 3 is 2.39 bits per heavy atom. The van der Waals surface area contributed by atoms with E-state index in [1.165, 1.54) is 11.8 Å². The molecule has 0 atom stereocenters. The fourth-order valence-corrected chi connectivity index (χ4v) is 2.01. The predicted molar refractivity (Wildman–Crippen MR) is 71.6 cm³/mol. The predicted octanol–water partition coefficient (Wildman–Crippen LogP) is 2.28. The minimum atomic E-state index is -0.436. The van der Waals surface area contributed by atoms with Crippen molar-refractivity contribution in [3.05, 3.63) is 17.1 Å². The molecule has 1 aromatic heterocycles. The van der Waals surface area contributed by atoms with Gasteiger partial charge >= 0.3 is 0 Å². The van der Waals surface area contributed by atoms with Crippen LogP contribution in [-0.2, 0) is 4.84 Å². The third kappa shape index (κ3) is 3.96. The Balaban J connectivity index is 2.98. The Morgan fingerprint density at radius 2 is 1.89 bits per heavy atom. The largest absolute Gasteiger partial charge is 0.279 e. The SMILES string of the molecule is CSc1nc(C)nc(C)c1C(=O)NOC(C)(C)C. The Labute approximate surface area is 112 Å². The van der Waals surface area contributed by atoms with Gasteiger partial charge in [-0.05, 0) is 40.9 Å². The number of aryl methyl sites for hydroxylation is 2. The summed E-state index contributed by atoms with van der Waals surface area (Å²) in [5.74, 6) is 0.344. The number of thioether (sulfide) groups is 1. The van der Waals surface area contributed by atoms with Gasteiger partial charge in [-0.1, -0.05) is 0 Å². The van der Waals surface area contributed by atoms with Crippen molar-refractivity contribution in [3.63, 3.8) is 0 Å². The number of aromatic nitrogens is 2. The van der Waals surface area contributed by atoms with Gasteiger partial charge in [0.1, 0.15) is 10.9 Å². The van der Waals surface area contributed by atoms with Gasteiger partial charge in [0.2, 0.25) is 0 Å². The molecule has 1 amide bonds. The summed E-state index contributed by atoms with van der Waals surface area (Å²) in [6.07, 6.45) is 1.88. The van der Waals surface area contributed by atoms with Crippen LogP contribution in [0, 0.1) is 13.8 Å². The molecule has 100 valence electrons. The first-order valence-electron chi connectivity index (χ1n) is 5.62. The van der Waals surface area contributed by atoms with E-state index < -0.39 is 5.60 Å². The summed E-state index contributed by atoms with van der Waals surface area (Å²) < 4.78 is 0. The van der Waals surface area contributed by atoms with Gasteiger partial charge in [0, 0.05) is 0 Å². The Hall–Kier alpha value is -1.14. The van der Waals surface area contributed by atoms with Crippen molar-refractivity contribution >= 4 is 17.7 Å². The van der Waals surface area contributed by atoms with E-state index in [2.05, 4.69) is 15.4 Å². The number of hydrogen-bond acceptors (Lipinski definition) is 5. The Kier molecular flexibility index (Phi) is 4.70. The van der Waals surface area contributed by atoms with Gasteiger partial charge in [-0.2, -0.15) is 0 Å². The minimum Gasteiger partial charge on any atom is -0.268 e. The highest BCUT2D eigenvalue weighted by molar-refractivity contribution is 7.98. The van der Waals surface area contributed by atoms with E-state index in [0.29, 0.717) is 22.1 Å². The second-order valence-corrected chi connectivity index (χ2v) is 5.68. The van der Waals surface area contributed by atoms with Crippen LogP contribution in [0.15, 0.2) is 5.03 Å². The zero-order valence-corrected chi connectivity index (χ0v) is 12.4. The third-order valence-corrected chi connectivity index (χ3v) is 2.72. The van der Waals surface area contributed by atoms with Crippen LogP contribution in [0.25, 0.3) is 0 Å². The fraction of sp³-hybridized carbons (Fsp3) is 0.583. The highest BCUT2D eigenvalue weighted by Crippen LogP contribution is 2.20. The van der Waals surface area contributed by atoms with E-state index >= 15 is 0 Å². The van der Waals surface area contributed by atoms with Gasteiger partial charge in [0.25, 0.3) is 5.91 Å². The van der Waals surface area contributed by atoms with E-state index in [0.717, 1.165) is 0 Å². The van der Waals surface area contributed by atoms with Crippen molar-refractivity contribution < 1.29 is 9.63 Å². The topological polar surface area (TPSA) is 64.1 Å². The molecule has 0 saturated carbocycles. The third-order valence-electron chi connectivity index (χ3n) is 2.04. The standard InChI is InChI=1S/C12H19N3O2S/c1-7-9(10(16)15-17-12(3,4)5)11(18-6)14-8(2)13-7/h1-6H3,(H,15,16).